The smallest absolute Gasteiger partial charge is 0.246 e. The molecule has 10 heteroatoms. The summed E-state index contributed by atoms with van der Waals surface area (Å²) in [6.07, 6.45) is 3.28. The summed E-state index contributed by atoms with van der Waals surface area (Å²) in [7, 11) is 3.23. The first-order chi connectivity index (χ1) is 22.7. The number of rotatable bonds is 20. The van der Waals surface area contributed by atoms with Crippen molar-refractivity contribution in [2.45, 2.75) is 6.10 Å². The van der Waals surface area contributed by atoms with Gasteiger partial charge in [-0.15, -0.1) is 0 Å². The topological polar surface area (TPSA) is 88.2 Å². The van der Waals surface area contributed by atoms with Gasteiger partial charge < -0.3 is 38.1 Å². The minimum absolute atomic E-state index is 0.0265. The number of carbonyl (C=O) groups is 1. The molecule has 1 amide bonds. The van der Waals surface area contributed by atoms with E-state index >= 15 is 0 Å². The third-order valence-electron chi connectivity index (χ3n) is 7.43. The molecule has 1 aliphatic heterocycles. The normalized spacial score (nSPS) is 13.8. The van der Waals surface area contributed by atoms with Crippen molar-refractivity contribution in [2.75, 3.05) is 93.6 Å². The third kappa shape index (κ3) is 11.9. The van der Waals surface area contributed by atoms with Crippen LogP contribution in [0.1, 0.15) is 22.8 Å². The molecule has 1 saturated heterocycles. The number of methoxy groups -OCH3 is 2. The molecule has 1 heterocycles. The van der Waals surface area contributed by atoms with Crippen LogP contribution in [0.2, 0.25) is 0 Å². The fourth-order valence-corrected chi connectivity index (χ4v) is 4.88. The van der Waals surface area contributed by atoms with Crippen molar-refractivity contribution in [3.05, 3.63) is 102 Å². The number of carbonyl (C=O) groups excluding carboxylic acids is 1. The number of nitrogens with zero attached hydrogens (tertiary/aromatic N) is 2. The Labute approximate surface area is 272 Å². The van der Waals surface area contributed by atoms with Crippen molar-refractivity contribution in [1.82, 2.24) is 9.80 Å². The van der Waals surface area contributed by atoms with Crippen molar-refractivity contribution in [2.24, 2.45) is 0 Å². The summed E-state index contributed by atoms with van der Waals surface area (Å²) in [5.74, 6) is 0.969. The zero-order chi connectivity index (χ0) is 32.2. The average molecular weight is 635 g/mol. The Morgan fingerprint density at radius 3 is 1.89 bits per heavy atom. The minimum atomic E-state index is -0.112. The Hall–Kier alpha value is -3.77. The van der Waals surface area contributed by atoms with Gasteiger partial charge in [-0.3, -0.25) is 9.69 Å². The van der Waals surface area contributed by atoms with E-state index in [1.54, 1.807) is 32.4 Å². The molecular weight excluding hydrogens is 588 g/mol. The van der Waals surface area contributed by atoms with Crippen LogP contribution >= 0.6 is 0 Å². The Balaban J connectivity index is 1.25. The second kappa shape index (κ2) is 20.4. The van der Waals surface area contributed by atoms with Gasteiger partial charge >= 0.3 is 0 Å². The van der Waals surface area contributed by atoms with Crippen molar-refractivity contribution in [3.8, 4) is 11.5 Å². The van der Waals surface area contributed by atoms with Crippen LogP contribution in [0.25, 0.3) is 6.08 Å². The lowest BCUT2D eigenvalue weighted by Gasteiger charge is -2.34. The van der Waals surface area contributed by atoms with Gasteiger partial charge in [0.25, 0.3) is 0 Å². The molecule has 0 N–H and O–H groups in total. The number of benzene rings is 3. The van der Waals surface area contributed by atoms with Gasteiger partial charge in [-0.2, -0.15) is 0 Å². The molecular formula is C36H46N2O8. The lowest BCUT2D eigenvalue weighted by atomic mass is 10.0. The van der Waals surface area contributed by atoms with Crippen LogP contribution in [0.4, 0.5) is 0 Å². The molecule has 46 heavy (non-hydrogen) atoms. The summed E-state index contributed by atoms with van der Waals surface area (Å²) >= 11 is 0. The van der Waals surface area contributed by atoms with E-state index in [9.17, 15) is 4.79 Å². The summed E-state index contributed by atoms with van der Waals surface area (Å²) in [6.45, 7) is 6.17. The van der Waals surface area contributed by atoms with Crippen molar-refractivity contribution in [1.29, 1.82) is 0 Å². The molecule has 0 aliphatic carbocycles. The van der Waals surface area contributed by atoms with Gasteiger partial charge in [0.2, 0.25) is 5.91 Å². The molecule has 0 unspecified atom stereocenters. The first-order valence-corrected chi connectivity index (χ1v) is 15.6. The molecule has 4 rings (SSSR count). The largest absolute Gasteiger partial charge is 0.464 e. The number of hydrogen-bond donors (Lipinski definition) is 0. The van der Waals surface area contributed by atoms with Crippen LogP contribution in [0, 0.1) is 0 Å². The molecule has 0 saturated carbocycles. The molecule has 0 bridgehead atoms. The number of ether oxygens (including phenoxy) is 7. The predicted molar refractivity (Wildman–Crippen MR) is 176 cm³/mol. The Bertz CT molecular complexity index is 1260. The summed E-state index contributed by atoms with van der Waals surface area (Å²) in [5, 5.41) is 0. The van der Waals surface area contributed by atoms with Crippen LogP contribution in [-0.4, -0.2) is 109 Å². The second-order valence-electron chi connectivity index (χ2n) is 10.6. The Morgan fingerprint density at radius 2 is 1.30 bits per heavy atom. The van der Waals surface area contributed by atoms with Crippen LogP contribution < -0.4 is 9.47 Å². The maximum absolute atomic E-state index is 13.0. The molecule has 0 atom stereocenters. The standard InChI is InChI=1S/C36H46N2O8/c1-40-23-25-42-28-45-33-15-13-30(27-34(33)46-29-43-26-24-41-2)14-16-35(39)38-19-17-37(18-20-38)21-22-44-36(31-9-5-3-6-10-31)32-11-7-4-8-12-32/h3-16,27,36H,17-26,28-29H2,1-2H3. The highest BCUT2D eigenvalue weighted by Crippen LogP contribution is 2.29. The number of amides is 1. The van der Waals surface area contributed by atoms with E-state index in [1.165, 1.54) is 0 Å². The molecule has 1 aliphatic rings. The summed E-state index contributed by atoms with van der Waals surface area (Å²) < 4.78 is 38.8. The summed E-state index contributed by atoms with van der Waals surface area (Å²) in [5.41, 5.74) is 3.08. The molecule has 248 valence electrons. The van der Waals surface area contributed by atoms with Crippen LogP contribution in [0.3, 0.4) is 0 Å². The van der Waals surface area contributed by atoms with Gasteiger partial charge in [-0.25, -0.2) is 0 Å². The van der Waals surface area contributed by atoms with Gasteiger partial charge in [0.1, 0.15) is 6.10 Å². The SMILES string of the molecule is COCCOCOc1ccc(C=CC(=O)N2CCN(CCOC(c3ccccc3)c3ccccc3)CC2)cc1OCOCCOC. The minimum Gasteiger partial charge on any atom is -0.464 e. The summed E-state index contributed by atoms with van der Waals surface area (Å²) in [6, 6.07) is 26.1. The molecule has 1 fully saturated rings. The predicted octanol–water partition coefficient (Wildman–Crippen LogP) is 4.65. The highest BCUT2D eigenvalue weighted by molar-refractivity contribution is 5.92. The van der Waals surface area contributed by atoms with Gasteiger partial charge in [-0.1, -0.05) is 66.7 Å². The van der Waals surface area contributed by atoms with Crippen molar-refractivity contribution in [3.63, 3.8) is 0 Å². The van der Waals surface area contributed by atoms with E-state index in [2.05, 4.69) is 29.2 Å². The Morgan fingerprint density at radius 1 is 0.717 bits per heavy atom. The van der Waals surface area contributed by atoms with Gasteiger partial charge in [0.05, 0.1) is 33.0 Å². The second-order valence-corrected chi connectivity index (χ2v) is 10.6. The van der Waals surface area contributed by atoms with Crippen LogP contribution in [-0.2, 0) is 28.5 Å². The fraction of sp³-hybridized carbons (Fsp3) is 0.417. The van der Waals surface area contributed by atoms with E-state index in [0.717, 1.165) is 36.3 Å². The highest BCUT2D eigenvalue weighted by atomic mass is 16.7. The zero-order valence-corrected chi connectivity index (χ0v) is 26.9. The molecule has 0 aromatic heterocycles. The molecule has 0 spiro atoms. The monoisotopic (exact) mass is 634 g/mol. The summed E-state index contributed by atoms with van der Waals surface area (Å²) in [4.78, 5) is 17.2. The van der Waals surface area contributed by atoms with Gasteiger partial charge in [0, 0.05) is 53.0 Å². The third-order valence-corrected chi connectivity index (χ3v) is 7.43. The average Bonchev–Trinajstić information content (AvgIpc) is 3.10. The Kier molecular flexibility index (Phi) is 15.5. The van der Waals surface area contributed by atoms with Crippen molar-refractivity contribution < 1.29 is 38.0 Å². The van der Waals surface area contributed by atoms with E-state index in [-0.39, 0.29) is 25.6 Å². The number of piperazine rings is 1. The fourth-order valence-electron chi connectivity index (χ4n) is 4.88. The van der Waals surface area contributed by atoms with Crippen molar-refractivity contribution >= 4 is 12.0 Å². The quantitative estimate of drug-likeness (QED) is 0.100. The maximum atomic E-state index is 13.0. The van der Waals surface area contributed by atoms with E-state index < -0.39 is 0 Å². The maximum Gasteiger partial charge on any atom is 0.246 e. The lowest BCUT2D eigenvalue weighted by molar-refractivity contribution is -0.127. The van der Waals surface area contributed by atoms with E-state index in [4.69, 9.17) is 33.2 Å². The molecule has 3 aromatic carbocycles. The van der Waals surface area contributed by atoms with Crippen LogP contribution in [0.5, 0.6) is 11.5 Å². The molecule has 10 nitrogen and oxygen atoms in total. The van der Waals surface area contributed by atoms with Gasteiger partial charge in [0.15, 0.2) is 25.1 Å². The van der Waals surface area contributed by atoms with Crippen LogP contribution in [0.15, 0.2) is 84.9 Å². The number of hydrogen-bond acceptors (Lipinski definition) is 9. The van der Waals surface area contributed by atoms with Gasteiger partial charge in [-0.05, 0) is 34.9 Å². The first kappa shape index (κ1) is 35.1. The molecule has 3 aromatic rings. The van der Waals surface area contributed by atoms with E-state index in [0.29, 0.717) is 57.6 Å². The van der Waals surface area contributed by atoms with E-state index in [1.807, 2.05) is 53.4 Å². The zero-order valence-electron chi connectivity index (χ0n) is 26.9. The first-order valence-electron chi connectivity index (χ1n) is 15.6. The highest BCUT2D eigenvalue weighted by Gasteiger charge is 2.21. The lowest BCUT2D eigenvalue weighted by Crippen LogP contribution is -2.49. The molecule has 0 radical (unpaired) electrons.